The van der Waals surface area contributed by atoms with Crippen LogP contribution in [0.1, 0.15) is 32.8 Å². The normalized spacial score (nSPS) is 18.6. The molecule has 1 atom stereocenters. The Hall–Kier alpha value is -0.970. The maximum atomic E-state index is 5.75. The molecule has 0 amide bonds. The summed E-state index contributed by atoms with van der Waals surface area (Å²) in [4.78, 5) is 2.48. The van der Waals surface area contributed by atoms with Crippen molar-refractivity contribution in [2.75, 3.05) is 32.8 Å². The van der Waals surface area contributed by atoms with Gasteiger partial charge < -0.3 is 14.8 Å². The predicted octanol–water partition coefficient (Wildman–Crippen LogP) is 3.09. The molecular weight excluding hydrogens is 300 g/mol. The Morgan fingerprint density at radius 3 is 2.73 bits per heavy atom. The van der Waals surface area contributed by atoms with Crippen molar-refractivity contribution >= 4 is 12.4 Å². The molecular formula is C17H29ClN2O2. The molecule has 1 fully saturated rings. The monoisotopic (exact) mass is 328 g/mol. The summed E-state index contributed by atoms with van der Waals surface area (Å²) in [6, 6.07) is 6.89. The van der Waals surface area contributed by atoms with Crippen LogP contribution in [0.15, 0.2) is 18.2 Å². The van der Waals surface area contributed by atoms with Gasteiger partial charge in [-0.1, -0.05) is 13.0 Å². The summed E-state index contributed by atoms with van der Waals surface area (Å²) < 4.78 is 11.5. The number of ether oxygens (including phenoxy) is 2. The Morgan fingerprint density at radius 2 is 2.05 bits per heavy atom. The van der Waals surface area contributed by atoms with Crippen LogP contribution in [0.4, 0.5) is 0 Å². The average Bonchev–Trinajstić information content (AvgIpc) is 2.47. The third-order valence-electron chi connectivity index (χ3n) is 3.63. The molecule has 126 valence electrons. The topological polar surface area (TPSA) is 33.7 Å². The van der Waals surface area contributed by atoms with Crippen molar-refractivity contribution in [2.45, 2.75) is 39.8 Å². The van der Waals surface area contributed by atoms with Crippen LogP contribution in [0.5, 0.6) is 11.5 Å². The second-order valence-corrected chi connectivity index (χ2v) is 5.65. The van der Waals surface area contributed by atoms with E-state index in [1.807, 2.05) is 13.0 Å². The van der Waals surface area contributed by atoms with E-state index in [-0.39, 0.29) is 12.4 Å². The van der Waals surface area contributed by atoms with Crippen molar-refractivity contribution in [1.29, 1.82) is 0 Å². The molecule has 1 aromatic carbocycles. The lowest BCUT2D eigenvalue weighted by Gasteiger charge is -2.31. The molecule has 4 nitrogen and oxygen atoms in total. The summed E-state index contributed by atoms with van der Waals surface area (Å²) in [7, 11) is 0. The Bertz CT molecular complexity index is 443. The summed E-state index contributed by atoms with van der Waals surface area (Å²) in [6.07, 6.45) is 1.01. The van der Waals surface area contributed by atoms with Crippen molar-refractivity contribution < 1.29 is 9.47 Å². The SMILES string of the molecule is CCCOc1ccc(CN2CCNC(C)C2)cc1OCC.Cl. The van der Waals surface area contributed by atoms with Gasteiger partial charge in [0.15, 0.2) is 11.5 Å². The van der Waals surface area contributed by atoms with Crippen LogP contribution >= 0.6 is 12.4 Å². The van der Waals surface area contributed by atoms with Crippen LogP contribution in [0.3, 0.4) is 0 Å². The molecule has 1 aliphatic rings. The van der Waals surface area contributed by atoms with E-state index in [0.29, 0.717) is 12.6 Å². The molecule has 2 rings (SSSR count). The van der Waals surface area contributed by atoms with Crippen molar-refractivity contribution in [2.24, 2.45) is 0 Å². The quantitative estimate of drug-likeness (QED) is 0.834. The highest BCUT2D eigenvalue weighted by Gasteiger charge is 2.16. The zero-order chi connectivity index (χ0) is 15.1. The van der Waals surface area contributed by atoms with E-state index in [4.69, 9.17) is 9.47 Å². The van der Waals surface area contributed by atoms with E-state index >= 15 is 0 Å². The Balaban J connectivity index is 0.00000242. The van der Waals surface area contributed by atoms with E-state index in [1.165, 1.54) is 5.56 Å². The molecule has 5 heteroatoms. The highest BCUT2D eigenvalue weighted by molar-refractivity contribution is 5.85. The number of hydrogen-bond acceptors (Lipinski definition) is 4. The van der Waals surface area contributed by atoms with E-state index in [0.717, 1.165) is 50.7 Å². The summed E-state index contributed by atoms with van der Waals surface area (Å²) in [5.74, 6) is 1.72. The number of hydrogen-bond donors (Lipinski definition) is 1. The fourth-order valence-corrected chi connectivity index (χ4v) is 2.66. The van der Waals surface area contributed by atoms with Crippen LogP contribution in [-0.2, 0) is 6.54 Å². The number of nitrogens with one attached hydrogen (secondary N) is 1. The van der Waals surface area contributed by atoms with Crippen LogP contribution in [0, 0.1) is 0 Å². The molecule has 1 heterocycles. The first kappa shape index (κ1) is 19.1. The maximum Gasteiger partial charge on any atom is 0.161 e. The zero-order valence-corrected chi connectivity index (χ0v) is 14.7. The van der Waals surface area contributed by atoms with Crippen LogP contribution < -0.4 is 14.8 Å². The third-order valence-corrected chi connectivity index (χ3v) is 3.63. The molecule has 22 heavy (non-hydrogen) atoms. The highest BCUT2D eigenvalue weighted by atomic mass is 35.5. The largest absolute Gasteiger partial charge is 0.490 e. The molecule has 1 aliphatic heterocycles. The second-order valence-electron chi connectivity index (χ2n) is 5.65. The second kappa shape index (κ2) is 9.93. The third kappa shape index (κ3) is 5.67. The van der Waals surface area contributed by atoms with Gasteiger partial charge in [-0.3, -0.25) is 4.90 Å². The van der Waals surface area contributed by atoms with Crippen LogP contribution in [0.2, 0.25) is 0 Å². The first-order valence-corrected chi connectivity index (χ1v) is 8.07. The number of benzene rings is 1. The summed E-state index contributed by atoms with van der Waals surface area (Å²) >= 11 is 0. The Morgan fingerprint density at radius 1 is 1.23 bits per heavy atom. The molecule has 1 aromatic rings. The van der Waals surface area contributed by atoms with E-state index in [9.17, 15) is 0 Å². The van der Waals surface area contributed by atoms with Gasteiger partial charge in [0, 0.05) is 32.2 Å². The summed E-state index contributed by atoms with van der Waals surface area (Å²) in [5.41, 5.74) is 1.29. The molecule has 0 bridgehead atoms. The smallest absolute Gasteiger partial charge is 0.161 e. The van der Waals surface area contributed by atoms with Crippen molar-refractivity contribution in [3.05, 3.63) is 23.8 Å². The van der Waals surface area contributed by atoms with Gasteiger partial charge in [-0.25, -0.2) is 0 Å². The maximum absolute atomic E-state index is 5.75. The lowest BCUT2D eigenvalue weighted by Crippen LogP contribution is -2.48. The van der Waals surface area contributed by atoms with Gasteiger partial charge in [0.2, 0.25) is 0 Å². The zero-order valence-electron chi connectivity index (χ0n) is 13.9. The number of rotatable bonds is 7. The number of piperazine rings is 1. The number of halogens is 1. The fraction of sp³-hybridized carbons (Fsp3) is 0.647. The molecule has 0 spiro atoms. The fourth-order valence-electron chi connectivity index (χ4n) is 2.66. The van der Waals surface area contributed by atoms with Gasteiger partial charge in [0.05, 0.1) is 13.2 Å². The van der Waals surface area contributed by atoms with Crippen LogP contribution in [0.25, 0.3) is 0 Å². The number of nitrogens with zero attached hydrogens (tertiary/aromatic N) is 1. The molecule has 0 aliphatic carbocycles. The van der Waals surface area contributed by atoms with Gasteiger partial charge in [-0.15, -0.1) is 12.4 Å². The van der Waals surface area contributed by atoms with E-state index < -0.39 is 0 Å². The van der Waals surface area contributed by atoms with Crippen molar-refractivity contribution in [1.82, 2.24) is 10.2 Å². The van der Waals surface area contributed by atoms with Gasteiger partial charge in [0.25, 0.3) is 0 Å². The predicted molar refractivity (Wildman–Crippen MR) is 93.4 cm³/mol. The first-order chi connectivity index (χ1) is 10.2. The molecule has 1 saturated heterocycles. The summed E-state index contributed by atoms with van der Waals surface area (Å²) in [5, 5.41) is 3.48. The minimum absolute atomic E-state index is 0. The van der Waals surface area contributed by atoms with Crippen molar-refractivity contribution in [3.63, 3.8) is 0 Å². The van der Waals surface area contributed by atoms with Crippen molar-refractivity contribution in [3.8, 4) is 11.5 Å². The Kier molecular flexibility index (Phi) is 8.61. The standard InChI is InChI=1S/C17H28N2O2.ClH/c1-4-10-21-16-7-6-15(11-17(16)20-5-2)13-19-9-8-18-14(3)12-19;/h6-7,11,14,18H,4-5,8-10,12-13H2,1-3H3;1H. The van der Waals surface area contributed by atoms with Gasteiger partial charge in [-0.05, 0) is 38.0 Å². The van der Waals surface area contributed by atoms with Crippen LogP contribution in [-0.4, -0.2) is 43.8 Å². The lowest BCUT2D eigenvalue weighted by molar-refractivity contribution is 0.199. The van der Waals surface area contributed by atoms with E-state index in [2.05, 4.69) is 36.2 Å². The van der Waals surface area contributed by atoms with Gasteiger partial charge in [-0.2, -0.15) is 0 Å². The lowest BCUT2D eigenvalue weighted by atomic mass is 10.1. The molecule has 1 N–H and O–H groups in total. The molecule has 0 aromatic heterocycles. The minimum Gasteiger partial charge on any atom is -0.490 e. The average molecular weight is 329 g/mol. The van der Waals surface area contributed by atoms with E-state index in [1.54, 1.807) is 0 Å². The molecule has 1 unspecified atom stereocenters. The minimum atomic E-state index is 0. The Labute approximate surface area is 140 Å². The van der Waals surface area contributed by atoms with Gasteiger partial charge in [0.1, 0.15) is 0 Å². The highest BCUT2D eigenvalue weighted by Crippen LogP contribution is 2.29. The first-order valence-electron chi connectivity index (χ1n) is 8.07. The molecule has 0 radical (unpaired) electrons. The molecule has 0 saturated carbocycles. The van der Waals surface area contributed by atoms with Gasteiger partial charge >= 0.3 is 0 Å². The summed E-state index contributed by atoms with van der Waals surface area (Å²) in [6.45, 7) is 12.0.